The van der Waals surface area contributed by atoms with E-state index in [0.717, 1.165) is 17.2 Å². The number of hydrogen-bond donors (Lipinski definition) is 2. The molecule has 0 saturated carbocycles. The summed E-state index contributed by atoms with van der Waals surface area (Å²) in [4.78, 5) is 0. The minimum atomic E-state index is 0.0707. The fourth-order valence-electron chi connectivity index (χ4n) is 2.09. The zero-order valence-electron chi connectivity index (χ0n) is 11.8. The third-order valence-corrected chi connectivity index (χ3v) is 3.21. The Kier molecular flexibility index (Phi) is 4.45. The minimum absolute atomic E-state index is 0.0707. The molecule has 20 heavy (non-hydrogen) atoms. The molecule has 3 N–H and O–H groups in total. The van der Waals surface area contributed by atoms with Gasteiger partial charge in [0.1, 0.15) is 5.75 Å². The summed E-state index contributed by atoms with van der Waals surface area (Å²) in [7, 11) is 0. The van der Waals surface area contributed by atoms with Crippen molar-refractivity contribution in [2.75, 3.05) is 6.61 Å². The van der Waals surface area contributed by atoms with Crippen LogP contribution in [0.15, 0.2) is 41.6 Å². The molecule has 106 valence electrons. The van der Waals surface area contributed by atoms with Gasteiger partial charge >= 0.3 is 0 Å². The molecule has 0 spiro atoms. The molecule has 0 aromatic heterocycles. The number of amidine groups is 1. The molecule has 2 rings (SSSR count). The summed E-state index contributed by atoms with van der Waals surface area (Å²) in [5, 5.41) is 14.1. The second-order valence-corrected chi connectivity index (χ2v) is 5.18. The zero-order chi connectivity index (χ0) is 14.5. The second-order valence-electron chi connectivity index (χ2n) is 5.18. The van der Waals surface area contributed by atoms with Crippen molar-refractivity contribution in [3.63, 3.8) is 0 Å². The van der Waals surface area contributed by atoms with Crippen LogP contribution in [0.1, 0.15) is 25.8 Å². The first-order valence-electron chi connectivity index (χ1n) is 6.76. The van der Waals surface area contributed by atoms with Gasteiger partial charge in [-0.15, -0.1) is 0 Å². The van der Waals surface area contributed by atoms with Crippen LogP contribution in [0.4, 0.5) is 0 Å². The molecule has 0 unspecified atom stereocenters. The van der Waals surface area contributed by atoms with Gasteiger partial charge in [-0.05, 0) is 29.2 Å². The molecule has 0 bridgehead atoms. The molecular formula is C16H20N2O2. The molecular weight excluding hydrogens is 252 g/mol. The normalized spacial score (nSPS) is 12.1. The maximum absolute atomic E-state index is 8.99. The fourth-order valence-corrected chi connectivity index (χ4v) is 2.09. The maximum Gasteiger partial charge on any atom is 0.174 e. The third-order valence-electron chi connectivity index (χ3n) is 3.21. The largest absolute Gasteiger partial charge is 0.493 e. The smallest absolute Gasteiger partial charge is 0.174 e. The second kappa shape index (κ2) is 6.28. The van der Waals surface area contributed by atoms with Gasteiger partial charge < -0.3 is 15.7 Å². The summed E-state index contributed by atoms with van der Waals surface area (Å²) in [6, 6.07) is 11.7. The van der Waals surface area contributed by atoms with E-state index in [-0.39, 0.29) is 5.84 Å². The van der Waals surface area contributed by atoms with E-state index >= 15 is 0 Å². The Morgan fingerprint density at radius 2 is 2.00 bits per heavy atom. The van der Waals surface area contributed by atoms with Gasteiger partial charge in [0.15, 0.2) is 5.84 Å². The van der Waals surface area contributed by atoms with Crippen LogP contribution in [0.3, 0.4) is 0 Å². The molecule has 4 heteroatoms. The molecule has 0 aliphatic carbocycles. The van der Waals surface area contributed by atoms with E-state index in [0.29, 0.717) is 23.8 Å². The number of hydrogen-bond acceptors (Lipinski definition) is 3. The van der Waals surface area contributed by atoms with Gasteiger partial charge in [0.05, 0.1) is 12.2 Å². The average Bonchev–Trinajstić information content (AvgIpc) is 2.45. The Hall–Kier alpha value is -2.23. The molecule has 0 amide bonds. The van der Waals surface area contributed by atoms with Crippen LogP contribution >= 0.6 is 0 Å². The minimum Gasteiger partial charge on any atom is -0.493 e. The highest BCUT2D eigenvalue weighted by molar-refractivity contribution is 6.11. The SMILES string of the molecule is CC(C)CCOc1ccc2ccccc2c1/C(N)=N/O. The van der Waals surface area contributed by atoms with Gasteiger partial charge in [0.25, 0.3) is 0 Å². The molecule has 0 heterocycles. The lowest BCUT2D eigenvalue weighted by Gasteiger charge is -2.14. The summed E-state index contributed by atoms with van der Waals surface area (Å²) >= 11 is 0. The summed E-state index contributed by atoms with van der Waals surface area (Å²) in [5.74, 6) is 1.30. The highest BCUT2D eigenvalue weighted by Gasteiger charge is 2.13. The highest BCUT2D eigenvalue weighted by atomic mass is 16.5. The molecule has 0 radical (unpaired) electrons. The molecule has 2 aromatic rings. The van der Waals surface area contributed by atoms with Crippen LogP contribution in [-0.4, -0.2) is 17.6 Å². The molecule has 0 saturated heterocycles. The van der Waals surface area contributed by atoms with Gasteiger partial charge in [0.2, 0.25) is 0 Å². The first-order chi connectivity index (χ1) is 9.63. The highest BCUT2D eigenvalue weighted by Crippen LogP contribution is 2.28. The number of nitrogens with zero attached hydrogens (tertiary/aromatic N) is 1. The summed E-state index contributed by atoms with van der Waals surface area (Å²) < 4.78 is 5.81. The van der Waals surface area contributed by atoms with Crippen LogP contribution < -0.4 is 10.5 Å². The van der Waals surface area contributed by atoms with E-state index in [1.807, 2.05) is 36.4 Å². The number of ether oxygens (including phenoxy) is 1. The fraction of sp³-hybridized carbons (Fsp3) is 0.312. The molecule has 0 aliphatic heterocycles. The summed E-state index contributed by atoms with van der Waals surface area (Å²) in [6.45, 7) is 4.91. The van der Waals surface area contributed by atoms with Crippen molar-refractivity contribution in [3.05, 3.63) is 42.0 Å². The quantitative estimate of drug-likeness (QED) is 0.379. The molecule has 0 aliphatic rings. The van der Waals surface area contributed by atoms with Gasteiger partial charge in [-0.1, -0.05) is 49.3 Å². The number of oxime groups is 1. The van der Waals surface area contributed by atoms with Crippen molar-refractivity contribution >= 4 is 16.6 Å². The lowest BCUT2D eigenvalue weighted by Crippen LogP contribution is -2.16. The number of fused-ring (bicyclic) bond motifs is 1. The van der Waals surface area contributed by atoms with Crippen molar-refractivity contribution in [3.8, 4) is 5.75 Å². The van der Waals surface area contributed by atoms with Crippen molar-refractivity contribution in [1.29, 1.82) is 0 Å². The van der Waals surface area contributed by atoms with E-state index < -0.39 is 0 Å². The lowest BCUT2D eigenvalue weighted by molar-refractivity contribution is 0.288. The number of rotatable bonds is 5. The third kappa shape index (κ3) is 3.02. The van der Waals surface area contributed by atoms with Crippen molar-refractivity contribution in [2.24, 2.45) is 16.8 Å². The van der Waals surface area contributed by atoms with E-state index in [4.69, 9.17) is 15.7 Å². The maximum atomic E-state index is 8.99. The van der Waals surface area contributed by atoms with Crippen molar-refractivity contribution in [1.82, 2.24) is 0 Å². The standard InChI is InChI=1S/C16H20N2O2/c1-11(2)9-10-20-14-8-7-12-5-3-4-6-13(12)15(14)16(17)18-19/h3-8,11,19H,9-10H2,1-2H3,(H2,17,18). The van der Waals surface area contributed by atoms with E-state index in [2.05, 4.69) is 19.0 Å². The summed E-state index contributed by atoms with van der Waals surface area (Å²) in [6.07, 6.45) is 0.961. The Balaban J connectivity index is 2.43. The van der Waals surface area contributed by atoms with Crippen LogP contribution in [0.5, 0.6) is 5.75 Å². The van der Waals surface area contributed by atoms with Gasteiger partial charge in [0, 0.05) is 0 Å². The lowest BCUT2D eigenvalue weighted by atomic mass is 10.0. The predicted octanol–water partition coefficient (Wildman–Crippen LogP) is 3.36. The molecule has 2 aromatic carbocycles. The van der Waals surface area contributed by atoms with Crippen molar-refractivity contribution < 1.29 is 9.94 Å². The Labute approximate surface area is 118 Å². The van der Waals surface area contributed by atoms with E-state index in [1.165, 1.54) is 0 Å². The summed E-state index contributed by atoms with van der Waals surface area (Å²) in [5.41, 5.74) is 6.46. The van der Waals surface area contributed by atoms with Gasteiger partial charge in [-0.2, -0.15) is 0 Å². The van der Waals surface area contributed by atoms with E-state index in [9.17, 15) is 0 Å². The number of nitrogens with two attached hydrogens (primary N) is 1. The van der Waals surface area contributed by atoms with Crippen LogP contribution in [0.2, 0.25) is 0 Å². The molecule has 0 atom stereocenters. The Bertz CT molecular complexity index is 621. The van der Waals surface area contributed by atoms with E-state index in [1.54, 1.807) is 0 Å². The van der Waals surface area contributed by atoms with Crippen molar-refractivity contribution in [2.45, 2.75) is 20.3 Å². The first-order valence-corrected chi connectivity index (χ1v) is 6.76. The number of benzene rings is 2. The Morgan fingerprint density at radius 3 is 2.70 bits per heavy atom. The molecule has 4 nitrogen and oxygen atoms in total. The van der Waals surface area contributed by atoms with Gasteiger partial charge in [-0.3, -0.25) is 0 Å². The predicted molar refractivity (Wildman–Crippen MR) is 81.4 cm³/mol. The molecule has 0 fully saturated rings. The topological polar surface area (TPSA) is 67.8 Å². The van der Waals surface area contributed by atoms with Crippen LogP contribution in [0.25, 0.3) is 10.8 Å². The Morgan fingerprint density at radius 1 is 1.25 bits per heavy atom. The zero-order valence-corrected chi connectivity index (χ0v) is 11.8. The monoisotopic (exact) mass is 272 g/mol. The van der Waals surface area contributed by atoms with Crippen LogP contribution in [-0.2, 0) is 0 Å². The average molecular weight is 272 g/mol. The van der Waals surface area contributed by atoms with Crippen LogP contribution in [0, 0.1) is 5.92 Å². The first kappa shape index (κ1) is 14.2. The van der Waals surface area contributed by atoms with Gasteiger partial charge in [-0.25, -0.2) is 0 Å².